The molecule has 40 heavy (non-hydrogen) atoms. The first-order chi connectivity index (χ1) is 19.2. The normalized spacial score (nSPS) is 11.9. The SMILES string of the molecule is CCCCNC(=O)[C@@H](CC)N(Cc1ccccc1)C(=O)CN(c1cccc(Cl)c1)S(=O)(=O)c1ccc(OC)cc1. The smallest absolute Gasteiger partial charge is 0.264 e. The molecule has 1 atom stereocenters. The van der Waals surface area contributed by atoms with Crippen LogP contribution in [-0.2, 0) is 26.2 Å². The summed E-state index contributed by atoms with van der Waals surface area (Å²) in [4.78, 5) is 28.7. The summed E-state index contributed by atoms with van der Waals surface area (Å²) in [5.74, 6) is -0.288. The average Bonchev–Trinajstić information content (AvgIpc) is 2.96. The first-order valence-corrected chi connectivity index (χ1v) is 15.1. The van der Waals surface area contributed by atoms with E-state index < -0.39 is 28.5 Å². The Kier molecular flexibility index (Phi) is 11.4. The van der Waals surface area contributed by atoms with Crippen molar-refractivity contribution in [3.8, 4) is 5.75 Å². The molecular formula is C30H36ClN3O5S. The highest BCUT2D eigenvalue weighted by molar-refractivity contribution is 7.92. The van der Waals surface area contributed by atoms with Gasteiger partial charge in [-0.05, 0) is 60.9 Å². The van der Waals surface area contributed by atoms with E-state index in [9.17, 15) is 18.0 Å². The predicted molar refractivity (Wildman–Crippen MR) is 158 cm³/mol. The molecule has 3 aromatic rings. The second-order valence-corrected chi connectivity index (χ2v) is 11.5. The third-order valence-corrected chi connectivity index (χ3v) is 8.46. The summed E-state index contributed by atoms with van der Waals surface area (Å²) in [5.41, 5.74) is 1.06. The first-order valence-electron chi connectivity index (χ1n) is 13.2. The second-order valence-electron chi connectivity index (χ2n) is 9.24. The molecule has 3 aromatic carbocycles. The van der Waals surface area contributed by atoms with Gasteiger partial charge in [-0.25, -0.2) is 8.42 Å². The molecule has 214 valence electrons. The largest absolute Gasteiger partial charge is 0.497 e. The van der Waals surface area contributed by atoms with Gasteiger partial charge in [-0.3, -0.25) is 13.9 Å². The van der Waals surface area contributed by atoms with Crippen molar-refractivity contribution in [2.75, 3.05) is 24.5 Å². The van der Waals surface area contributed by atoms with Crippen LogP contribution in [0.15, 0.2) is 83.8 Å². The Morgan fingerprint density at radius 2 is 1.68 bits per heavy atom. The maximum Gasteiger partial charge on any atom is 0.264 e. The Morgan fingerprint density at radius 3 is 2.27 bits per heavy atom. The number of sulfonamides is 1. The summed E-state index contributed by atoms with van der Waals surface area (Å²) in [5, 5.41) is 3.24. The lowest BCUT2D eigenvalue weighted by Gasteiger charge is -2.33. The van der Waals surface area contributed by atoms with Crippen LogP contribution < -0.4 is 14.4 Å². The van der Waals surface area contributed by atoms with E-state index in [1.165, 1.54) is 30.2 Å². The van der Waals surface area contributed by atoms with Crippen LogP contribution in [0.3, 0.4) is 0 Å². The number of hydrogen-bond acceptors (Lipinski definition) is 5. The number of amides is 2. The number of anilines is 1. The Labute approximate surface area is 241 Å². The highest BCUT2D eigenvalue weighted by Crippen LogP contribution is 2.28. The van der Waals surface area contributed by atoms with Gasteiger partial charge in [0.15, 0.2) is 0 Å². The Hall–Kier alpha value is -3.56. The van der Waals surface area contributed by atoms with Crippen molar-refractivity contribution in [1.82, 2.24) is 10.2 Å². The lowest BCUT2D eigenvalue weighted by Crippen LogP contribution is -2.52. The zero-order valence-electron chi connectivity index (χ0n) is 23.0. The molecule has 0 aliphatic heterocycles. The van der Waals surface area contributed by atoms with Gasteiger partial charge in [0.25, 0.3) is 10.0 Å². The Morgan fingerprint density at radius 1 is 0.975 bits per heavy atom. The number of rotatable bonds is 14. The number of methoxy groups -OCH3 is 1. The summed E-state index contributed by atoms with van der Waals surface area (Å²) in [6.07, 6.45) is 2.10. The molecule has 10 heteroatoms. The van der Waals surface area contributed by atoms with E-state index >= 15 is 0 Å². The van der Waals surface area contributed by atoms with Crippen LogP contribution in [0.4, 0.5) is 5.69 Å². The number of nitrogens with one attached hydrogen (secondary N) is 1. The number of carbonyl (C=O) groups is 2. The lowest BCUT2D eigenvalue weighted by molar-refractivity contribution is -0.140. The van der Waals surface area contributed by atoms with Crippen molar-refractivity contribution in [3.63, 3.8) is 0 Å². The summed E-state index contributed by atoms with van der Waals surface area (Å²) < 4.78 is 34.0. The number of nitrogens with zero attached hydrogens (tertiary/aromatic N) is 2. The standard InChI is InChI=1S/C30H36ClN3O5S/c1-4-6-19-32-30(36)28(5-2)33(21-23-11-8-7-9-12-23)29(35)22-34(25-14-10-13-24(31)20-25)40(37,38)27-17-15-26(39-3)16-18-27/h7-18,20,28H,4-6,19,21-22H2,1-3H3,(H,32,36)/t28-/m1/s1. The third kappa shape index (κ3) is 7.99. The summed E-state index contributed by atoms with van der Waals surface area (Å²) in [6, 6.07) is 20.8. The minimum Gasteiger partial charge on any atom is -0.497 e. The molecule has 1 N–H and O–H groups in total. The first kappa shape index (κ1) is 31.0. The monoisotopic (exact) mass is 585 g/mol. The van der Waals surface area contributed by atoms with Crippen LogP contribution in [-0.4, -0.2) is 51.4 Å². The van der Waals surface area contributed by atoms with Gasteiger partial charge in [-0.15, -0.1) is 0 Å². The molecule has 0 heterocycles. The molecule has 8 nitrogen and oxygen atoms in total. The zero-order chi connectivity index (χ0) is 29.1. The van der Waals surface area contributed by atoms with Gasteiger partial charge in [0.2, 0.25) is 11.8 Å². The Balaban J connectivity index is 2.02. The maximum absolute atomic E-state index is 14.0. The van der Waals surface area contributed by atoms with Crippen molar-refractivity contribution in [1.29, 1.82) is 0 Å². The molecule has 0 fully saturated rings. The minimum absolute atomic E-state index is 0.0139. The molecule has 0 aromatic heterocycles. The fourth-order valence-corrected chi connectivity index (χ4v) is 5.83. The van der Waals surface area contributed by atoms with Crippen LogP contribution in [0.25, 0.3) is 0 Å². The van der Waals surface area contributed by atoms with Crippen molar-refractivity contribution in [2.24, 2.45) is 0 Å². The molecule has 0 unspecified atom stereocenters. The van der Waals surface area contributed by atoms with Crippen molar-refractivity contribution < 1.29 is 22.7 Å². The number of carbonyl (C=O) groups excluding carboxylic acids is 2. The quantitative estimate of drug-likeness (QED) is 0.260. The summed E-state index contributed by atoms with van der Waals surface area (Å²) in [7, 11) is -2.71. The average molecular weight is 586 g/mol. The van der Waals surface area contributed by atoms with E-state index in [1.807, 2.05) is 44.2 Å². The van der Waals surface area contributed by atoms with Gasteiger partial charge in [0, 0.05) is 18.1 Å². The second kappa shape index (κ2) is 14.7. The number of hydrogen-bond donors (Lipinski definition) is 1. The van der Waals surface area contributed by atoms with Gasteiger partial charge in [0.05, 0.1) is 17.7 Å². The molecule has 0 bridgehead atoms. The topological polar surface area (TPSA) is 96.0 Å². The van der Waals surface area contributed by atoms with Gasteiger partial charge < -0.3 is 15.0 Å². The number of benzene rings is 3. The highest BCUT2D eigenvalue weighted by Gasteiger charge is 2.33. The Bertz CT molecular complexity index is 1370. The van der Waals surface area contributed by atoms with Gasteiger partial charge >= 0.3 is 0 Å². The molecule has 0 spiro atoms. The maximum atomic E-state index is 14.0. The highest BCUT2D eigenvalue weighted by atomic mass is 35.5. The third-order valence-electron chi connectivity index (χ3n) is 6.43. The van der Waals surface area contributed by atoms with Gasteiger partial charge in [-0.1, -0.05) is 68.3 Å². The van der Waals surface area contributed by atoms with Crippen LogP contribution in [0.1, 0.15) is 38.7 Å². The fourth-order valence-electron chi connectivity index (χ4n) is 4.24. The van der Waals surface area contributed by atoms with Crippen molar-refractivity contribution in [3.05, 3.63) is 89.4 Å². The molecule has 3 rings (SSSR count). The van der Waals surface area contributed by atoms with E-state index in [0.717, 1.165) is 22.7 Å². The van der Waals surface area contributed by atoms with E-state index in [2.05, 4.69) is 5.32 Å². The number of halogens is 1. The summed E-state index contributed by atoms with van der Waals surface area (Å²) in [6.45, 7) is 3.98. The van der Waals surface area contributed by atoms with Crippen LogP contribution in [0.2, 0.25) is 5.02 Å². The molecule has 0 radical (unpaired) electrons. The summed E-state index contributed by atoms with van der Waals surface area (Å²) >= 11 is 6.22. The predicted octanol–water partition coefficient (Wildman–Crippen LogP) is 5.27. The molecular weight excluding hydrogens is 550 g/mol. The molecule has 0 aliphatic rings. The van der Waals surface area contributed by atoms with Crippen molar-refractivity contribution >= 4 is 39.1 Å². The molecule has 0 saturated carbocycles. The van der Waals surface area contributed by atoms with Gasteiger partial charge in [-0.2, -0.15) is 0 Å². The molecule has 2 amide bonds. The van der Waals surface area contributed by atoms with Gasteiger partial charge in [0.1, 0.15) is 18.3 Å². The minimum atomic E-state index is -4.20. The number of unbranched alkanes of at least 4 members (excludes halogenated alkanes) is 1. The van der Waals surface area contributed by atoms with Crippen molar-refractivity contribution in [2.45, 2.75) is 50.6 Å². The number of ether oxygens (including phenoxy) is 1. The molecule has 0 aliphatic carbocycles. The van der Waals surface area contributed by atoms with Crippen LogP contribution >= 0.6 is 11.6 Å². The van der Waals surface area contributed by atoms with E-state index in [1.54, 1.807) is 30.3 Å². The van der Waals surface area contributed by atoms with E-state index in [0.29, 0.717) is 23.7 Å². The molecule has 0 saturated heterocycles. The van der Waals surface area contributed by atoms with Crippen LogP contribution in [0.5, 0.6) is 5.75 Å². The van der Waals surface area contributed by atoms with E-state index in [4.69, 9.17) is 16.3 Å². The zero-order valence-corrected chi connectivity index (χ0v) is 24.6. The lowest BCUT2D eigenvalue weighted by atomic mass is 10.1. The van der Waals surface area contributed by atoms with E-state index in [-0.39, 0.29) is 23.0 Å². The van der Waals surface area contributed by atoms with Crippen LogP contribution in [0, 0.1) is 0 Å². The fraction of sp³-hybridized carbons (Fsp3) is 0.333.